The van der Waals surface area contributed by atoms with Gasteiger partial charge < -0.3 is 15.5 Å². The fourth-order valence-electron chi connectivity index (χ4n) is 1.84. The van der Waals surface area contributed by atoms with E-state index < -0.39 is 0 Å². The van der Waals surface area contributed by atoms with Crippen LogP contribution in [-0.2, 0) is 0 Å². The van der Waals surface area contributed by atoms with Crippen LogP contribution in [-0.4, -0.2) is 4.98 Å². The molecule has 5 heteroatoms. The standard InChI is InChI=1S/C14H12BrN3O/c1-8-2-4-10(15)12(6-8)18-14-17-11-5-3-9(16)7-13(11)19-14/h2-7H,16H2,1H3,(H,17,18). The Balaban J connectivity index is 1.98. The van der Waals surface area contributed by atoms with E-state index in [9.17, 15) is 0 Å². The zero-order chi connectivity index (χ0) is 13.4. The van der Waals surface area contributed by atoms with Crippen molar-refractivity contribution in [2.24, 2.45) is 0 Å². The lowest BCUT2D eigenvalue weighted by molar-refractivity contribution is 0.623. The molecule has 0 aliphatic rings. The van der Waals surface area contributed by atoms with Gasteiger partial charge in [-0.2, -0.15) is 4.98 Å². The van der Waals surface area contributed by atoms with E-state index in [1.807, 2.05) is 31.2 Å². The molecule has 0 aliphatic heterocycles. The molecule has 96 valence electrons. The summed E-state index contributed by atoms with van der Waals surface area (Å²) in [6.07, 6.45) is 0. The van der Waals surface area contributed by atoms with Gasteiger partial charge >= 0.3 is 0 Å². The lowest BCUT2D eigenvalue weighted by Gasteiger charge is -2.05. The highest BCUT2D eigenvalue weighted by Crippen LogP contribution is 2.28. The predicted molar refractivity (Wildman–Crippen MR) is 80.6 cm³/mol. The van der Waals surface area contributed by atoms with Crippen LogP contribution in [0.15, 0.2) is 45.3 Å². The molecule has 0 fully saturated rings. The van der Waals surface area contributed by atoms with Gasteiger partial charge in [-0.25, -0.2) is 0 Å². The Morgan fingerprint density at radius 3 is 2.89 bits per heavy atom. The number of aromatic nitrogens is 1. The normalized spacial score (nSPS) is 10.8. The van der Waals surface area contributed by atoms with Crippen molar-refractivity contribution in [1.82, 2.24) is 4.98 Å². The van der Waals surface area contributed by atoms with Gasteiger partial charge in [0.25, 0.3) is 6.01 Å². The summed E-state index contributed by atoms with van der Waals surface area (Å²) in [4.78, 5) is 4.37. The fourth-order valence-corrected chi connectivity index (χ4v) is 2.19. The third kappa shape index (κ3) is 2.42. The topological polar surface area (TPSA) is 64.1 Å². The minimum absolute atomic E-state index is 0.451. The van der Waals surface area contributed by atoms with Gasteiger partial charge in [-0.1, -0.05) is 6.07 Å². The number of fused-ring (bicyclic) bond motifs is 1. The molecule has 0 amide bonds. The lowest BCUT2D eigenvalue weighted by Crippen LogP contribution is -1.91. The first-order valence-electron chi connectivity index (χ1n) is 5.81. The molecular formula is C14H12BrN3O. The van der Waals surface area contributed by atoms with Gasteiger partial charge in [0.1, 0.15) is 5.52 Å². The maximum atomic E-state index is 5.71. The van der Waals surface area contributed by atoms with E-state index in [-0.39, 0.29) is 0 Å². The van der Waals surface area contributed by atoms with Crippen molar-refractivity contribution in [3.8, 4) is 0 Å². The zero-order valence-electron chi connectivity index (χ0n) is 10.3. The van der Waals surface area contributed by atoms with Crippen LogP contribution in [0.3, 0.4) is 0 Å². The van der Waals surface area contributed by atoms with E-state index >= 15 is 0 Å². The summed E-state index contributed by atoms with van der Waals surface area (Å²) in [6, 6.07) is 11.9. The summed E-state index contributed by atoms with van der Waals surface area (Å²) >= 11 is 3.49. The van der Waals surface area contributed by atoms with Crippen molar-refractivity contribution < 1.29 is 4.42 Å². The van der Waals surface area contributed by atoms with Crippen LogP contribution in [0.25, 0.3) is 11.1 Å². The number of nitrogens with one attached hydrogen (secondary N) is 1. The van der Waals surface area contributed by atoms with E-state index in [0.29, 0.717) is 17.3 Å². The summed E-state index contributed by atoms with van der Waals surface area (Å²) in [5.74, 6) is 0. The Kier molecular flexibility index (Phi) is 2.91. The van der Waals surface area contributed by atoms with E-state index in [1.165, 1.54) is 0 Å². The number of nitrogen functional groups attached to an aromatic ring is 1. The minimum Gasteiger partial charge on any atom is -0.423 e. The van der Waals surface area contributed by atoms with Crippen molar-refractivity contribution in [1.29, 1.82) is 0 Å². The van der Waals surface area contributed by atoms with Gasteiger partial charge in [-0.15, -0.1) is 0 Å². The Hall–Kier alpha value is -2.01. The van der Waals surface area contributed by atoms with Crippen molar-refractivity contribution in [2.45, 2.75) is 6.92 Å². The third-order valence-electron chi connectivity index (χ3n) is 2.78. The first-order chi connectivity index (χ1) is 9.11. The van der Waals surface area contributed by atoms with Crippen molar-refractivity contribution in [2.75, 3.05) is 11.1 Å². The molecule has 0 aliphatic carbocycles. The monoisotopic (exact) mass is 317 g/mol. The SMILES string of the molecule is Cc1ccc(Br)c(Nc2nc3ccc(N)cc3o2)c1. The van der Waals surface area contributed by atoms with E-state index in [0.717, 1.165) is 21.2 Å². The molecule has 3 N–H and O–H groups in total. The number of aryl methyl sites for hydroxylation is 1. The van der Waals surface area contributed by atoms with Crippen molar-refractivity contribution in [3.05, 3.63) is 46.4 Å². The second-order valence-corrected chi connectivity index (χ2v) is 5.21. The van der Waals surface area contributed by atoms with Crippen molar-refractivity contribution >= 4 is 44.4 Å². The number of nitrogens with two attached hydrogens (primary N) is 1. The van der Waals surface area contributed by atoms with E-state index in [4.69, 9.17) is 10.2 Å². The molecule has 0 unspecified atom stereocenters. The summed E-state index contributed by atoms with van der Waals surface area (Å²) in [5, 5.41) is 3.16. The molecule has 3 aromatic rings. The summed E-state index contributed by atoms with van der Waals surface area (Å²) < 4.78 is 6.58. The molecule has 0 spiro atoms. The van der Waals surface area contributed by atoms with Crippen LogP contribution < -0.4 is 11.1 Å². The second-order valence-electron chi connectivity index (χ2n) is 4.35. The molecular weight excluding hydrogens is 306 g/mol. The largest absolute Gasteiger partial charge is 0.423 e. The van der Waals surface area contributed by atoms with Crippen LogP contribution in [0.2, 0.25) is 0 Å². The van der Waals surface area contributed by atoms with E-state index in [1.54, 1.807) is 12.1 Å². The second kappa shape index (κ2) is 4.59. The first-order valence-corrected chi connectivity index (χ1v) is 6.60. The number of benzene rings is 2. The summed E-state index contributed by atoms with van der Waals surface area (Å²) in [5.41, 5.74) is 9.90. The Morgan fingerprint density at radius 1 is 1.21 bits per heavy atom. The highest BCUT2D eigenvalue weighted by Gasteiger charge is 2.08. The summed E-state index contributed by atoms with van der Waals surface area (Å²) in [6.45, 7) is 2.03. The van der Waals surface area contributed by atoms with Gasteiger partial charge in [0, 0.05) is 16.2 Å². The molecule has 2 aromatic carbocycles. The Bertz CT molecular complexity index is 752. The highest BCUT2D eigenvalue weighted by molar-refractivity contribution is 9.10. The number of oxazole rings is 1. The van der Waals surface area contributed by atoms with Crippen LogP contribution in [0.4, 0.5) is 17.4 Å². The molecule has 3 rings (SSSR count). The molecule has 0 saturated heterocycles. The smallest absolute Gasteiger partial charge is 0.300 e. The quantitative estimate of drug-likeness (QED) is 0.694. The molecule has 0 atom stereocenters. The minimum atomic E-state index is 0.451. The molecule has 4 nitrogen and oxygen atoms in total. The maximum Gasteiger partial charge on any atom is 0.300 e. The molecule has 0 saturated carbocycles. The first kappa shape index (κ1) is 12.0. The number of nitrogens with zero attached hydrogens (tertiary/aromatic N) is 1. The van der Waals surface area contributed by atoms with Gasteiger partial charge in [0.2, 0.25) is 0 Å². The summed E-state index contributed by atoms with van der Waals surface area (Å²) in [7, 11) is 0. The van der Waals surface area contributed by atoms with Crippen LogP contribution in [0, 0.1) is 6.92 Å². The van der Waals surface area contributed by atoms with Crippen LogP contribution >= 0.6 is 15.9 Å². The molecule has 1 heterocycles. The van der Waals surface area contributed by atoms with Crippen molar-refractivity contribution in [3.63, 3.8) is 0 Å². The van der Waals surface area contributed by atoms with Crippen LogP contribution in [0.5, 0.6) is 0 Å². The molecule has 0 bridgehead atoms. The predicted octanol–water partition coefficient (Wildman–Crippen LogP) is 4.22. The lowest BCUT2D eigenvalue weighted by atomic mass is 10.2. The number of hydrogen-bond donors (Lipinski definition) is 2. The number of anilines is 3. The Morgan fingerprint density at radius 2 is 2.05 bits per heavy atom. The maximum absolute atomic E-state index is 5.71. The number of halogens is 1. The molecule has 19 heavy (non-hydrogen) atoms. The van der Waals surface area contributed by atoms with Gasteiger partial charge in [0.05, 0.1) is 5.69 Å². The average molecular weight is 318 g/mol. The number of rotatable bonds is 2. The third-order valence-corrected chi connectivity index (χ3v) is 3.47. The average Bonchev–Trinajstić information content (AvgIpc) is 2.75. The highest BCUT2D eigenvalue weighted by atomic mass is 79.9. The van der Waals surface area contributed by atoms with Gasteiger partial charge in [0.15, 0.2) is 5.58 Å². The fraction of sp³-hybridized carbons (Fsp3) is 0.0714. The zero-order valence-corrected chi connectivity index (χ0v) is 11.9. The Labute approximate surface area is 118 Å². The number of hydrogen-bond acceptors (Lipinski definition) is 4. The van der Waals surface area contributed by atoms with Gasteiger partial charge in [-0.05, 0) is 52.7 Å². The van der Waals surface area contributed by atoms with Crippen LogP contribution in [0.1, 0.15) is 5.56 Å². The van der Waals surface area contributed by atoms with Gasteiger partial charge in [-0.3, -0.25) is 0 Å². The van der Waals surface area contributed by atoms with E-state index in [2.05, 4.69) is 26.2 Å². The molecule has 0 radical (unpaired) electrons. The molecule has 1 aromatic heterocycles.